The molecule has 3 atom stereocenters. The van der Waals surface area contributed by atoms with Crippen LogP contribution in [0.15, 0.2) is 18.2 Å². The predicted molar refractivity (Wildman–Crippen MR) is 121 cm³/mol. The van der Waals surface area contributed by atoms with E-state index in [2.05, 4.69) is 24.1 Å². The molecule has 2 fully saturated rings. The molecule has 1 aromatic carbocycles. The van der Waals surface area contributed by atoms with Crippen LogP contribution in [0.3, 0.4) is 0 Å². The van der Waals surface area contributed by atoms with Crippen LogP contribution in [-0.4, -0.2) is 58.8 Å². The van der Waals surface area contributed by atoms with Crippen molar-refractivity contribution in [3.05, 3.63) is 29.3 Å². The minimum atomic E-state index is -0.587. The molecule has 2 aliphatic heterocycles. The third-order valence-corrected chi connectivity index (χ3v) is 6.94. The molecule has 174 valence electrons. The van der Waals surface area contributed by atoms with E-state index in [1.807, 2.05) is 18.2 Å². The van der Waals surface area contributed by atoms with Crippen LogP contribution in [-0.2, 0) is 16.1 Å². The van der Waals surface area contributed by atoms with Gasteiger partial charge in [-0.25, -0.2) is 0 Å². The fourth-order valence-corrected chi connectivity index (χ4v) is 5.45. The van der Waals surface area contributed by atoms with Gasteiger partial charge in [0, 0.05) is 24.6 Å². The number of fused-ring (bicyclic) bond motifs is 1. The van der Waals surface area contributed by atoms with Gasteiger partial charge in [0.25, 0.3) is 5.91 Å². The topological polar surface area (TPSA) is 79.0 Å². The van der Waals surface area contributed by atoms with Gasteiger partial charge >= 0.3 is 0 Å². The van der Waals surface area contributed by atoms with Crippen molar-refractivity contribution in [1.82, 2.24) is 15.1 Å². The molecule has 0 aromatic heterocycles. The summed E-state index contributed by atoms with van der Waals surface area (Å²) in [6.07, 6.45) is 7.71. The monoisotopic (exact) mass is 441 g/mol. The number of piperidine rings is 1. The van der Waals surface area contributed by atoms with E-state index >= 15 is 0 Å². The van der Waals surface area contributed by atoms with Crippen LogP contribution in [0.1, 0.15) is 81.1 Å². The van der Waals surface area contributed by atoms with Crippen molar-refractivity contribution in [1.29, 1.82) is 0 Å². The number of amides is 3. The van der Waals surface area contributed by atoms with E-state index in [1.165, 1.54) is 12.8 Å². The van der Waals surface area contributed by atoms with Gasteiger partial charge in [-0.2, -0.15) is 0 Å². The lowest BCUT2D eigenvalue weighted by Gasteiger charge is -2.39. The molecule has 1 N–H and O–H groups in total. The summed E-state index contributed by atoms with van der Waals surface area (Å²) in [5.74, 6) is 0.00404. The number of imide groups is 1. The fraction of sp³-hybridized carbons (Fsp3) is 0.640. The zero-order chi connectivity index (χ0) is 22.7. The summed E-state index contributed by atoms with van der Waals surface area (Å²) >= 11 is 0. The second kappa shape index (κ2) is 10.0. The van der Waals surface area contributed by atoms with Crippen molar-refractivity contribution < 1.29 is 19.1 Å². The number of carbonyl (C=O) groups excluding carboxylic acids is 3. The molecule has 7 heteroatoms. The number of benzene rings is 1. The predicted octanol–water partition coefficient (Wildman–Crippen LogP) is 3.26. The third kappa shape index (κ3) is 4.68. The molecule has 1 saturated carbocycles. The Morgan fingerprint density at radius 2 is 1.81 bits per heavy atom. The van der Waals surface area contributed by atoms with Crippen molar-refractivity contribution in [3.8, 4) is 5.75 Å². The Balaban J connectivity index is 1.47. The molecular formula is C25H35N3O4. The minimum Gasteiger partial charge on any atom is -0.489 e. The van der Waals surface area contributed by atoms with E-state index in [0.29, 0.717) is 24.6 Å². The van der Waals surface area contributed by atoms with Crippen LogP contribution < -0.4 is 10.1 Å². The first-order chi connectivity index (χ1) is 15.5. The van der Waals surface area contributed by atoms with E-state index in [0.717, 1.165) is 50.1 Å². The molecule has 0 spiro atoms. The first-order valence-electron chi connectivity index (χ1n) is 12.2. The molecule has 32 heavy (non-hydrogen) atoms. The van der Waals surface area contributed by atoms with Gasteiger partial charge in [0.2, 0.25) is 11.8 Å². The molecule has 7 nitrogen and oxygen atoms in total. The lowest BCUT2D eigenvalue weighted by Crippen LogP contribution is -2.52. The number of ether oxygens (including phenoxy) is 1. The molecular weight excluding hydrogens is 406 g/mol. The molecule has 3 aliphatic rings. The Bertz CT molecular complexity index is 865. The van der Waals surface area contributed by atoms with Crippen LogP contribution >= 0.6 is 0 Å². The van der Waals surface area contributed by atoms with Gasteiger partial charge in [-0.05, 0) is 75.4 Å². The Morgan fingerprint density at radius 1 is 1.06 bits per heavy atom. The molecule has 4 rings (SSSR count). The average molecular weight is 442 g/mol. The minimum absolute atomic E-state index is 0.145. The molecule has 1 aromatic rings. The van der Waals surface area contributed by atoms with Crippen molar-refractivity contribution >= 4 is 17.7 Å². The maximum absolute atomic E-state index is 12.9. The van der Waals surface area contributed by atoms with Gasteiger partial charge in [-0.1, -0.05) is 20.3 Å². The van der Waals surface area contributed by atoms with Crippen molar-refractivity contribution in [2.45, 2.75) is 89.9 Å². The first-order valence-corrected chi connectivity index (χ1v) is 12.2. The zero-order valence-electron chi connectivity index (χ0n) is 19.3. The van der Waals surface area contributed by atoms with Crippen molar-refractivity contribution in [3.63, 3.8) is 0 Å². The number of hydrogen-bond acceptors (Lipinski definition) is 5. The van der Waals surface area contributed by atoms with Crippen LogP contribution in [0.4, 0.5) is 0 Å². The Labute approximate surface area is 190 Å². The number of rotatable bonds is 8. The summed E-state index contributed by atoms with van der Waals surface area (Å²) in [6.45, 7) is 7.03. The summed E-state index contributed by atoms with van der Waals surface area (Å²) in [5, 5.41) is 2.35. The van der Waals surface area contributed by atoms with Gasteiger partial charge in [0.15, 0.2) is 0 Å². The maximum atomic E-state index is 12.9. The first kappa shape index (κ1) is 22.8. The van der Waals surface area contributed by atoms with Crippen LogP contribution in [0, 0.1) is 0 Å². The summed E-state index contributed by atoms with van der Waals surface area (Å²) in [6, 6.07) is 5.52. The van der Waals surface area contributed by atoms with Gasteiger partial charge in [0.1, 0.15) is 17.9 Å². The average Bonchev–Trinajstić information content (AvgIpc) is 3.09. The van der Waals surface area contributed by atoms with E-state index in [9.17, 15) is 14.4 Å². The summed E-state index contributed by atoms with van der Waals surface area (Å²) in [4.78, 5) is 40.8. The number of nitrogens with one attached hydrogen (secondary N) is 1. The Morgan fingerprint density at radius 3 is 2.53 bits per heavy atom. The number of carbonyl (C=O) groups is 3. The van der Waals surface area contributed by atoms with E-state index in [1.54, 1.807) is 4.90 Å². The quantitative estimate of drug-likeness (QED) is 0.627. The summed E-state index contributed by atoms with van der Waals surface area (Å²) in [7, 11) is 0. The van der Waals surface area contributed by atoms with E-state index in [4.69, 9.17) is 4.74 Å². The lowest BCUT2D eigenvalue weighted by molar-refractivity contribution is -0.136. The molecule has 0 bridgehead atoms. The molecule has 0 radical (unpaired) electrons. The molecule has 1 unspecified atom stereocenters. The summed E-state index contributed by atoms with van der Waals surface area (Å²) < 4.78 is 6.52. The zero-order valence-corrected chi connectivity index (χ0v) is 19.3. The Kier molecular flexibility index (Phi) is 7.13. The SMILES string of the molecule is CCCN(CCC)[C@@H]1CCCC[C@@H]1Oc1ccc2c(c1)CN(C1CCC(=O)NC1=O)C2=O. The fourth-order valence-electron chi connectivity index (χ4n) is 5.45. The highest BCUT2D eigenvalue weighted by atomic mass is 16.5. The molecule has 3 amide bonds. The summed E-state index contributed by atoms with van der Waals surface area (Å²) in [5.41, 5.74) is 1.52. The van der Waals surface area contributed by atoms with Crippen LogP contribution in [0.5, 0.6) is 5.75 Å². The van der Waals surface area contributed by atoms with E-state index in [-0.39, 0.29) is 30.2 Å². The third-order valence-electron chi connectivity index (χ3n) is 6.94. The van der Waals surface area contributed by atoms with Gasteiger partial charge in [-0.3, -0.25) is 24.6 Å². The maximum Gasteiger partial charge on any atom is 0.255 e. The number of nitrogens with zero attached hydrogens (tertiary/aromatic N) is 2. The molecule has 1 aliphatic carbocycles. The smallest absolute Gasteiger partial charge is 0.255 e. The van der Waals surface area contributed by atoms with Crippen molar-refractivity contribution in [2.75, 3.05) is 13.1 Å². The van der Waals surface area contributed by atoms with Crippen LogP contribution in [0.2, 0.25) is 0 Å². The standard InChI is InChI=1S/C25H35N3O4/c1-3-13-27(14-4-2)20-7-5-6-8-22(20)32-18-9-10-19-17(15-18)16-28(25(19)31)21-11-12-23(29)26-24(21)30/h9-10,15,20-22H,3-8,11-14,16H2,1-2H3,(H,26,29,30)/t20-,21?,22+/m1/s1. The molecule has 2 heterocycles. The Hall–Kier alpha value is -2.41. The van der Waals surface area contributed by atoms with E-state index < -0.39 is 6.04 Å². The van der Waals surface area contributed by atoms with Gasteiger partial charge in [0.05, 0.1) is 0 Å². The highest BCUT2D eigenvalue weighted by Gasteiger charge is 2.39. The van der Waals surface area contributed by atoms with Crippen molar-refractivity contribution in [2.24, 2.45) is 0 Å². The highest BCUT2D eigenvalue weighted by Crippen LogP contribution is 2.33. The second-order valence-corrected chi connectivity index (χ2v) is 9.26. The highest BCUT2D eigenvalue weighted by molar-refractivity contribution is 6.05. The van der Waals surface area contributed by atoms with Gasteiger partial charge in [-0.15, -0.1) is 0 Å². The molecule has 1 saturated heterocycles. The normalized spacial score (nSPS) is 25.8. The van der Waals surface area contributed by atoms with Gasteiger partial charge < -0.3 is 9.64 Å². The van der Waals surface area contributed by atoms with Crippen LogP contribution in [0.25, 0.3) is 0 Å². The lowest BCUT2D eigenvalue weighted by atomic mass is 9.90. The second-order valence-electron chi connectivity index (χ2n) is 9.26. The largest absolute Gasteiger partial charge is 0.489 e. The number of hydrogen-bond donors (Lipinski definition) is 1.